The zero-order valence-corrected chi connectivity index (χ0v) is 18.0. The van der Waals surface area contributed by atoms with Gasteiger partial charge in [0, 0.05) is 31.5 Å². The summed E-state index contributed by atoms with van der Waals surface area (Å²) >= 11 is 0. The number of carbonyl (C=O) groups excluding carboxylic acids is 1. The molecule has 3 N–H and O–H groups in total. The molecular formula is C23H37N3O2. The molecule has 2 aliphatic rings. The molecule has 1 heterocycles. The van der Waals surface area contributed by atoms with E-state index < -0.39 is 5.54 Å². The van der Waals surface area contributed by atoms with E-state index in [2.05, 4.69) is 35.3 Å². The molecule has 5 heteroatoms. The molecule has 2 atom stereocenters. The molecule has 1 aromatic carbocycles. The molecule has 28 heavy (non-hydrogen) atoms. The van der Waals surface area contributed by atoms with Gasteiger partial charge < -0.3 is 15.8 Å². The van der Waals surface area contributed by atoms with Crippen LogP contribution in [0, 0.1) is 11.3 Å². The fourth-order valence-corrected chi connectivity index (χ4v) is 4.50. The highest BCUT2D eigenvalue weighted by molar-refractivity contribution is 5.88. The van der Waals surface area contributed by atoms with Gasteiger partial charge >= 0.3 is 0 Å². The van der Waals surface area contributed by atoms with Crippen LogP contribution >= 0.6 is 0 Å². The molecule has 3 rings (SSSR count). The maximum absolute atomic E-state index is 12.9. The van der Waals surface area contributed by atoms with Gasteiger partial charge in [0.05, 0.1) is 6.10 Å². The Balaban J connectivity index is 1.60. The topological polar surface area (TPSA) is 67.6 Å². The van der Waals surface area contributed by atoms with Crippen molar-refractivity contribution in [2.75, 3.05) is 19.7 Å². The van der Waals surface area contributed by atoms with Crippen molar-refractivity contribution in [3.63, 3.8) is 0 Å². The summed E-state index contributed by atoms with van der Waals surface area (Å²) in [5.41, 5.74) is 7.75. The van der Waals surface area contributed by atoms with Gasteiger partial charge in [0.15, 0.2) is 0 Å². The first-order valence-corrected chi connectivity index (χ1v) is 10.8. The van der Waals surface area contributed by atoms with Crippen molar-refractivity contribution in [3.8, 4) is 0 Å². The first-order valence-electron chi connectivity index (χ1n) is 10.8. The second kappa shape index (κ2) is 8.52. The van der Waals surface area contributed by atoms with E-state index >= 15 is 0 Å². The van der Waals surface area contributed by atoms with Crippen LogP contribution in [-0.4, -0.2) is 42.1 Å². The number of nitrogens with one attached hydrogen (secondary N) is 1. The SMILES string of the molecule is CCOC1CC(N)(C(=O)NCc2ccccc2CN2CCC(C)CC2)C1(C)C. The molecule has 2 unspecified atom stereocenters. The van der Waals surface area contributed by atoms with Gasteiger partial charge in [0.1, 0.15) is 5.54 Å². The van der Waals surface area contributed by atoms with Gasteiger partial charge in [-0.2, -0.15) is 0 Å². The Hall–Kier alpha value is -1.43. The normalized spacial score (nSPS) is 28.0. The first kappa shape index (κ1) is 21.3. The molecule has 0 spiro atoms. The van der Waals surface area contributed by atoms with Crippen LogP contribution < -0.4 is 11.1 Å². The van der Waals surface area contributed by atoms with Crippen LogP contribution in [0.4, 0.5) is 0 Å². The summed E-state index contributed by atoms with van der Waals surface area (Å²) in [6.45, 7) is 12.8. The number of benzene rings is 1. The molecule has 1 saturated heterocycles. The molecule has 1 aliphatic carbocycles. The molecule has 0 radical (unpaired) electrons. The molecule has 1 aromatic rings. The van der Waals surface area contributed by atoms with Crippen LogP contribution in [0.25, 0.3) is 0 Å². The van der Waals surface area contributed by atoms with Gasteiger partial charge in [0.25, 0.3) is 0 Å². The predicted molar refractivity (Wildman–Crippen MR) is 113 cm³/mol. The van der Waals surface area contributed by atoms with E-state index in [-0.39, 0.29) is 17.4 Å². The highest BCUT2D eigenvalue weighted by atomic mass is 16.5. The van der Waals surface area contributed by atoms with E-state index in [0.717, 1.165) is 25.6 Å². The average Bonchev–Trinajstić information content (AvgIpc) is 2.68. The van der Waals surface area contributed by atoms with Crippen molar-refractivity contribution in [1.29, 1.82) is 0 Å². The molecule has 0 aromatic heterocycles. The molecule has 1 saturated carbocycles. The minimum atomic E-state index is -0.870. The molecule has 156 valence electrons. The summed E-state index contributed by atoms with van der Waals surface area (Å²) in [7, 11) is 0. The summed E-state index contributed by atoms with van der Waals surface area (Å²) in [6, 6.07) is 8.41. The number of hydrogen-bond donors (Lipinski definition) is 2. The number of amides is 1. The first-order chi connectivity index (χ1) is 13.3. The molecular weight excluding hydrogens is 350 g/mol. The molecule has 1 amide bonds. The zero-order chi connectivity index (χ0) is 20.4. The number of piperidine rings is 1. The lowest BCUT2D eigenvalue weighted by Gasteiger charge is -2.57. The fraction of sp³-hybridized carbons (Fsp3) is 0.696. The summed E-state index contributed by atoms with van der Waals surface area (Å²) in [6.07, 6.45) is 3.16. The van der Waals surface area contributed by atoms with Crippen LogP contribution in [0.2, 0.25) is 0 Å². The third kappa shape index (κ3) is 4.12. The Morgan fingerprint density at radius 2 is 1.89 bits per heavy atom. The van der Waals surface area contributed by atoms with Gasteiger partial charge in [-0.15, -0.1) is 0 Å². The van der Waals surface area contributed by atoms with Crippen LogP contribution in [0.15, 0.2) is 24.3 Å². The maximum Gasteiger partial charge on any atom is 0.241 e. The van der Waals surface area contributed by atoms with Crippen molar-refractivity contribution in [3.05, 3.63) is 35.4 Å². The van der Waals surface area contributed by atoms with Gasteiger partial charge in [-0.3, -0.25) is 9.69 Å². The standard InChI is InChI=1S/C23H37N3O2/c1-5-28-20-14-23(24,22(20,3)4)21(27)25-15-18-8-6-7-9-19(18)16-26-12-10-17(2)11-13-26/h6-9,17,20H,5,10-16,24H2,1-4H3,(H,25,27). The average molecular weight is 388 g/mol. The maximum atomic E-state index is 12.9. The Bertz CT molecular complexity index is 682. The molecule has 0 bridgehead atoms. The smallest absolute Gasteiger partial charge is 0.241 e. The summed E-state index contributed by atoms with van der Waals surface area (Å²) in [5.74, 6) is 0.757. The van der Waals surface area contributed by atoms with Crippen molar-refractivity contribution in [1.82, 2.24) is 10.2 Å². The number of hydrogen-bond acceptors (Lipinski definition) is 4. The van der Waals surface area contributed by atoms with Crippen molar-refractivity contribution < 1.29 is 9.53 Å². The quantitative estimate of drug-likeness (QED) is 0.754. The van der Waals surface area contributed by atoms with Crippen LogP contribution in [0.3, 0.4) is 0 Å². The highest BCUT2D eigenvalue weighted by Gasteiger charge is 2.62. The molecule has 5 nitrogen and oxygen atoms in total. The van der Waals surface area contributed by atoms with Crippen molar-refractivity contribution in [2.24, 2.45) is 17.1 Å². The Morgan fingerprint density at radius 1 is 1.25 bits per heavy atom. The third-order valence-corrected chi connectivity index (χ3v) is 7.06. The van der Waals surface area contributed by atoms with Crippen LogP contribution in [0.1, 0.15) is 58.1 Å². The lowest BCUT2D eigenvalue weighted by Crippen LogP contribution is -2.75. The van der Waals surface area contributed by atoms with Crippen molar-refractivity contribution >= 4 is 5.91 Å². The lowest BCUT2D eigenvalue weighted by molar-refractivity contribution is -0.170. The fourth-order valence-electron chi connectivity index (χ4n) is 4.50. The molecule has 1 aliphatic heterocycles. The Kier molecular flexibility index (Phi) is 6.47. The van der Waals surface area contributed by atoms with E-state index in [1.165, 1.54) is 24.0 Å². The predicted octanol–water partition coefficient (Wildman–Crippen LogP) is 3.07. The van der Waals surface area contributed by atoms with Gasteiger partial charge in [0.2, 0.25) is 5.91 Å². The van der Waals surface area contributed by atoms with E-state index in [4.69, 9.17) is 10.5 Å². The monoisotopic (exact) mass is 387 g/mol. The Labute approximate surface area is 170 Å². The highest BCUT2D eigenvalue weighted by Crippen LogP contribution is 2.49. The van der Waals surface area contributed by atoms with Gasteiger partial charge in [-0.1, -0.05) is 45.0 Å². The second-order valence-corrected chi connectivity index (χ2v) is 9.25. The second-order valence-electron chi connectivity index (χ2n) is 9.25. The lowest BCUT2D eigenvalue weighted by atomic mass is 9.54. The molecule has 2 fully saturated rings. The minimum absolute atomic E-state index is 0.0435. The van der Waals surface area contributed by atoms with Crippen LogP contribution in [-0.2, 0) is 22.6 Å². The van der Waals surface area contributed by atoms with E-state index in [1.54, 1.807) is 0 Å². The Morgan fingerprint density at radius 3 is 2.50 bits per heavy atom. The third-order valence-electron chi connectivity index (χ3n) is 7.06. The van der Waals surface area contributed by atoms with E-state index in [1.807, 2.05) is 26.8 Å². The summed E-state index contributed by atoms with van der Waals surface area (Å²) in [4.78, 5) is 15.4. The summed E-state index contributed by atoms with van der Waals surface area (Å²) < 4.78 is 5.75. The van der Waals surface area contributed by atoms with Gasteiger partial charge in [-0.05, 0) is 49.9 Å². The largest absolute Gasteiger partial charge is 0.378 e. The number of likely N-dealkylation sites (tertiary alicyclic amines) is 1. The van der Waals surface area contributed by atoms with E-state index in [0.29, 0.717) is 19.6 Å². The number of ether oxygens (including phenoxy) is 1. The number of carbonyl (C=O) groups is 1. The minimum Gasteiger partial charge on any atom is -0.378 e. The van der Waals surface area contributed by atoms with E-state index in [9.17, 15) is 4.79 Å². The number of nitrogens with two attached hydrogens (primary N) is 1. The van der Waals surface area contributed by atoms with Gasteiger partial charge in [-0.25, -0.2) is 0 Å². The zero-order valence-electron chi connectivity index (χ0n) is 18.0. The number of rotatable bonds is 7. The number of nitrogens with zero attached hydrogens (tertiary/aromatic N) is 1. The van der Waals surface area contributed by atoms with Crippen molar-refractivity contribution in [2.45, 2.75) is 71.7 Å². The van der Waals surface area contributed by atoms with Crippen LogP contribution in [0.5, 0.6) is 0 Å². The summed E-state index contributed by atoms with van der Waals surface area (Å²) in [5, 5.41) is 3.11.